The summed E-state index contributed by atoms with van der Waals surface area (Å²) in [7, 11) is 0. The highest BCUT2D eigenvalue weighted by Gasteiger charge is 1.99. The summed E-state index contributed by atoms with van der Waals surface area (Å²) in [5, 5.41) is 7.50. The normalized spacial score (nSPS) is 10.5. The highest BCUT2D eigenvalue weighted by atomic mass is 16.1. The molecule has 0 unspecified atom stereocenters. The van der Waals surface area contributed by atoms with Gasteiger partial charge in [0, 0.05) is 31.0 Å². The molecule has 0 aliphatic rings. The van der Waals surface area contributed by atoms with Crippen LogP contribution in [0.25, 0.3) is 0 Å². The van der Waals surface area contributed by atoms with E-state index in [1.54, 1.807) is 18.3 Å². The van der Waals surface area contributed by atoms with E-state index in [0.717, 1.165) is 31.6 Å². The van der Waals surface area contributed by atoms with E-state index in [1.165, 1.54) is 0 Å². The Morgan fingerprint density at radius 1 is 1.32 bits per heavy atom. The van der Waals surface area contributed by atoms with E-state index in [9.17, 15) is 4.79 Å². The van der Waals surface area contributed by atoms with Crippen molar-refractivity contribution in [2.45, 2.75) is 19.5 Å². The molecule has 5 nitrogen and oxygen atoms in total. The van der Waals surface area contributed by atoms with Gasteiger partial charge in [0.05, 0.1) is 0 Å². The molecule has 0 aliphatic heterocycles. The molecule has 3 N–H and O–H groups in total. The predicted molar refractivity (Wildman–Crippen MR) is 73.5 cm³/mol. The first kappa shape index (κ1) is 13.3. The van der Waals surface area contributed by atoms with Gasteiger partial charge < -0.3 is 11.1 Å². The number of hydrogen-bond acceptors (Lipinski definition) is 3. The topological polar surface area (TPSA) is 72.9 Å². The number of rotatable bonds is 7. The minimum Gasteiger partial charge on any atom is -0.366 e. The Kier molecular flexibility index (Phi) is 4.69. The van der Waals surface area contributed by atoms with E-state index in [2.05, 4.69) is 10.4 Å². The number of nitrogens with zero attached hydrogens (tertiary/aromatic N) is 2. The van der Waals surface area contributed by atoms with Crippen LogP contribution in [0.15, 0.2) is 42.7 Å². The molecule has 1 heterocycles. The monoisotopic (exact) mass is 258 g/mol. The fraction of sp³-hybridized carbons (Fsp3) is 0.286. The van der Waals surface area contributed by atoms with Gasteiger partial charge in [-0.1, -0.05) is 12.1 Å². The van der Waals surface area contributed by atoms with Crippen LogP contribution < -0.4 is 11.1 Å². The average molecular weight is 258 g/mol. The largest absolute Gasteiger partial charge is 0.366 e. The third-order valence-corrected chi connectivity index (χ3v) is 2.87. The van der Waals surface area contributed by atoms with E-state index in [-0.39, 0.29) is 0 Å². The van der Waals surface area contributed by atoms with Crippen LogP contribution in [-0.2, 0) is 13.1 Å². The van der Waals surface area contributed by atoms with Gasteiger partial charge in [-0.05, 0) is 36.7 Å². The summed E-state index contributed by atoms with van der Waals surface area (Å²) in [6.45, 7) is 2.64. The molecule has 1 aromatic carbocycles. The lowest BCUT2D eigenvalue weighted by Gasteiger charge is -2.06. The van der Waals surface area contributed by atoms with Crippen molar-refractivity contribution in [2.24, 2.45) is 5.73 Å². The minimum absolute atomic E-state index is 0.390. The van der Waals surface area contributed by atoms with Crippen LogP contribution in [-0.4, -0.2) is 22.2 Å². The third kappa shape index (κ3) is 4.22. The second-order valence-corrected chi connectivity index (χ2v) is 4.36. The van der Waals surface area contributed by atoms with Crippen molar-refractivity contribution in [3.05, 3.63) is 53.9 Å². The van der Waals surface area contributed by atoms with E-state index >= 15 is 0 Å². The zero-order valence-electron chi connectivity index (χ0n) is 10.7. The molecular formula is C14H18N4O. The fourth-order valence-corrected chi connectivity index (χ4v) is 1.82. The molecule has 0 atom stereocenters. The van der Waals surface area contributed by atoms with Gasteiger partial charge in [0.2, 0.25) is 5.91 Å². The lowest BCUT2D eigenvalue weighted by atomic mass is 10.1. The Balaban J connectivity index is 1.66. The van der Waals surface area contributed by atoms with Gasteiger partial charge in [-0.3, -0.25) is 9.48 Å². The molecule has 2 aromatic rings. The summed E-state index contributed by atoms with van der Waals surface area (Å²) in [4.78, 5) is 10.9. The van der Waals surface area contributed by atoms with Gasteiger partial charge in [0.1, 0.15) is 0 Å². The molecule has 0 saturated carbocycles. The van der Waals surface area contributed by atoms with Crippen LogP contribution in [0.2, 0.25) is 0 Å². The standard InChI is InChI=1S/C14H18N4O/c15-14(19)13-5-3-12(4-6-13)11-16-7-1-9-18-10-2-8-17-18/h2-6,8,10,16H,1,7,9,11H2,(H2,15,19). The summed E-state index contributed by atoms with van der Waals surface area (Å²) in [5.74, 6) is -0.390. The first-order chi connectivity index (χ1) is 9.25. The van der Waals surface area contributed by atoms with Crippen molar-refractivity contribution in [3.63, 3.8) is 0 Å². The highest BCUT2D eigenvalue weighted by molar-refractivity contribution is 5.92. The molecule has 5 heteroatoms. The Morgan fingerprint density at radius 3 is 2.74 bits per heavy atom. The third-order valence-electron chi connectivity index (χ3n) is 2.87. The van der Waals surface area contributed by atoms with Crippen molar-refractivity contribution >= 4 is 5.91 Å². The van der Waals surface area contributed by atoms with Crippen molar-refractivity contribution in [3.8, 4) is 0 Å². The van der Waals surface area contributed by atoms with Crippen LogP contribution in [0.1, 0.15) is 22.3 Å². The van der Waals surface area contributed by atoms with Crippen LogP contribution in [0.5, 0.6) is 0 Å². The van der Waals surface area contributed by atoms with Crippen LogP contribution in [0.4, 0.5) is 0 Å². The summed E-state index contributed by atoms with van der Waals surface area (Å²) in [6.07, 6.45) is 4.78. The van der Waals surface area contributed by atoms with Gasteiger partial charge in [-0.2, -0.15) is 5.10 Å². The molecular weight excluding hydrogens is 240 g/mol. The zero-order valence-corrected chi connectivity index (χ0v) is 10.7. The van der Waals surface area contributed by atoms with E-state index < -0.39 is 5.91 Å². The van der Waals surface area contributed by atoms with Crippen LogP contribution >= 0.6 is 0 Å². The number of amides is 1. The van der Waals surface area contributed by atoms with Gasteiger partial charge in [0.25, 0.3) is 0 Å². The van der Waals surface area contributed by atoms with Crippen molar-refractivity contribution in [1.82, 2.24) is 15.1 Å². The Hall–Kier alpha value is -2.14. The first-order valence-electron chi connectivity index (χ1n) is 6.32. The first-order valence-corrected chi connectivity index (χ1v) is 6.32. The molecule has 2 rings (SSSR count). The van der Waals surface area contributed by atoms with Gasteiger partial charge in [0.15, 0.2) is 0 Å². The van der Waals surface area contributed by atoms with Gasteiger partial charge in [-0.15, -0.1) is 0 Å². The lowest BCUT2D eigenvalue weighted by Crippen LogP contribution is -2.17. The molecule has 1 aromatic heterocycles. The highest BCUT2D eigenvalue weighted by Crippen LogP contribution is 2.03. The number of nitrogens with two attached hydrogens (primary N) is 1. The van der Waals surface area contributed by atoms with Crippen molar-refractivity contribution in [1.29, 1.82) is 0 Å². The molecule has 0 bridgehead atoms. The zero-order chi connectivity index (χ0) is 13.5. The fourth-order valence-electron chi connectivity index (χ4n) is 1.82. The minimum atomic E-state index is -0.390. The summed E-state index contributed by atoms with van der Waals surface area (Å²) in [5.41, 5.74) is 6.87. The SMILES string of the molecule is NC(=O)c1ccc(CNCCCn2cccn2)cc1. The van der Waals surface area contributed by atoms with E-state index in [1.807, 2.05) is 29.1 Å². The molecule has 0 radical (unpaired) electrons. The number of carbonyl (C=O) groups is 1. The maximum Gasteiger partial charge on any atom is 0.248 e. The van der Waals surface area contributed by atoms with Crippen molar-refractivity contribution < 1.29 is 4.79 Å². The van der Waals surface area contributed by atoms with Gasteiger partial charge in [-0.25, -0.2) is 0 Å². The Bertz CT molecular complexity index is 505. The van der Waals surface area contributed by atoms with Crippen molar-refractivity contribution in [2.75, 3.05) is 6.54 Å². The molecule has 1 amide bonds. The summed E-state index contributed by atoms with van der Waals surface area (Å²) in [6, 6.07) is 9.26. The quantitative estimate of drug-likeness (QED) is 0.732. The smallest absolute Gasteiger partial charge is 0.248 e. The number of benzene rings is 1. The van der Waals surface area contributed by atoms with Crippen LogP contribution in [0, 0.1) is 0 Å². The Labute approximate surface area is 112 Å². The number of carbonyl (C=O) groups excluding carboxylic acids is 1. The molecule has 19 heavy (non-hydrogen) atoms. The second kappa shape index (κ2) is 6.70. The number of aryl methyl sites for hydroxylation is 1. The van der Waals surface area contributed by atoms with Crippen LogP contribution in [0.3, 0.4) is 0 Å². The summed E-state index contributed by atoms with van der Waals surface area (Å²) < 4.78 is 1.92. The lowest BCUT2D eigenvalue weighted by molar-refractivity contribution is 0.100. The average Bonchev–Trinajstić information content (AvgIpc) is 2.92. The number of aromatic nitrogens is 2. The van der Waals surface area contributed by atoms with Gasteiger partial charge >= 0.3 is 0 Å². The maximum atomic E-state index is 10.9. The molecule has 0 saturated heterocycles. The molecule has 0 fully saturated rings. The maximum absolute atomic E-state index is 10.9. The second-order valence-electron chi connectivity index (χ2n) is 4.36. The number of nitrogens with one attached hydrogen (secondary N) is 1. The molecule has 100 valence electrons. The predicted octanol–water partition coefficient (Wildman–Crippen LogP) is 1.16. The Morgan fingerprint density at radius 2 is 2.11 bits per heavy atom. The molecule has 0 aliphatic carbocycles. The number of primary amides is 1. The van der Waals surface area contributed by atoms with E-state index in [4.69, 9.17) is 5.73 Å². The molecule has 0 spiro atoms. The summed E-state index contributed by atoms with van der Waals surface area (Å²) >= 11 is 0. The van der Waals surface area contributed by atoms with E-state index in [0.29, 0.717) is 5.56 Å². The number of hydrogen-bond donors (Lipinski definition) is 2.